The molecule has 2 heterocycles. The summed E-state index contributed by atoms with van der Waals surface area (Å²) in [5.41, 5.74) is 0.393. The molecular weight excluding hydrogens is 456 g/mol. The number of hydrogen-bond acceptors (Lipinski definition) is 5. The van der Waals surface area contributed by atoms with Gasteiger partial charge in [0.05, 0.1) is 5.75 Å². The van der Waals surface area contributed by atoms with Crippen molar-refractivity contribution in [2.75, 3.05) is 5.75 Å². The lowest BCUT2D eigenvalue weighted by atomic mass is 10.2. The van der Waals surface area contributed by atoms with E-state index in [1.165, 1.54) is 16.3 Å². The van der Waals surface area contributed by atoms with Crippen LogP contribution in [0.25, 0.3) is 11.2 Å². The van der Waals surface area contributed by atoms with E-state index in [-0.39, 0.29) is 11.5 Å². The van der Waals surface area contributed by atoms with Crippen molar-refractivity contribution in [1.82, 2.24) is 19.1 Å². The number of aromatic amines is 1. The number of H-pyrrole nitrogens is 1. The molecule has 0 aliphatic rings. The van der Waals surface area contributed by atoms with Crippen LogP contribution in [0, 0.1) is 0 Å². The molecule has 0 aliphatic heterocycles. The minimum Gasteiger partial charge on any atom is -0.313 e. The Bertz CT molecular complexity index is 1130. The average Bonchev–Trinajstić information content (AvgIpc) is 3.07. The van der Waals surface area contributed by atoms with Gasteiger partial charge in [-0.05, 0) is 18.6 Å². The number of fused-ring (bicyclic) bond motifs is 1. The molecule has 0 aliphatic carbocycles. The van der Waals surface area contributed by atoms with E-state index < -0.39 is 11.2 Å². The predicted molar refractivity (Wildman–Crippen MR) is 119 cm³/mol. The summed E-state index contributed by atoms with van der Waals surface area (Å²) in [6, 6.07) is 7.20. The fraction of sp³-hybridized carbons (Fsp3) is 0.400. The fourth-order valence-corrected chi connectivity index (χ4v) is 4.26. The molecule has 0 spiro atoms. The Morgan fingerprint density at radius 2 is 1.90 bits per heavy atom. The third-order valence-electron chi connectivity index (χ3n) is 4.71. The van der Waals surface area contributed by atoms with Gasteiger partial charge in [0.1, 0.15) is 0 Å². The number of imidazole rings is 1. The number of rotatable bonds is 9. The predicted octanol–water partition coefficient (Wildman–Crippen LogP) is 3.74. The number of benzene rings is 1. The maximum Gasteiger partial charge on any atom is 0.329 e. The van der Waals surface area contributed by atoms with Gasteiger partial charge in [0, 0.05) is 23.6 Å². The minimum absolute atomic E-state index is 0.0186. The van der Waals surface area contributed by atoms with Gasteiger partial charge >= 0.3 is 5.69 Å². The van der Waals surface area contributed by atoms with Crippen LogP contribution in [0.1, 0.15) is 43.0 Å². The molecule has 3 rings (SSSR count). The van der Waals surface area contributed by atoms with E-state index in [9.17, 15) is 14.4 Å². The lowest BCUT2D eigenvalue weighted by Crippen LogP contribution is -2.29. The van der Waals surface area contributed by atoms with Crippen LogP contribution in [-0.2, 0) is 13.6 Å². The summed E-state index contributed by atoms with van der Waals surface area (Å²) in [6.45, 7) is 2.76. The average molecular weight is 479 g/mol. The molecule has 0 saturated carbocycles. The molecule has 0 atom stereocenters. The van der Waals surface area contributed by atoms with Crippen LogP contribution in [-0.4, -0.2) is 30.6 Å². The van der Waals surface area contributed by atoms with Crippen molar-refractivity contribution < 1.29 is 4.79 Å². The topological polar surface area (TPSA) is 89.8 Å². The quantitative estimate of drug-likeness (QED) is 0.287. The molecular formula is C20H23BrN4O3S. The van der Waals surface area contributed by atoms with Crippen LogP contribution < -0.4 is 11.2 Å². The molecule has 9 heteroatoms. The van der Waals surface area contributed by atoms with Crippen LogP contribution in [0.4, 0.5) is 0 Å². The van der Waals surface area contributed by atoms with E-state index in [1.54, 1.807) is 19.2 Å². The highest BCUT2D eigenvalue weighted by atomic mass is 79.9. The van der Waals surface area contributed by atoms with Crippen LogP contribution >= 0.6 is 27.7 Å². The number of aryl methyl sites for hydroxylation is 2. The Morgan fingerprint density at radius 3 is 2.59 bits per heavy atom. The third-order valence-corrected chi connectivity index (χ3v) is 6.21. The molecule has 29 heavy (non-hydrogen) atoms. The number of ketones is 1. The summed E-state index contributed by atoms with van der Waals surface area (Å²) < 4.78 is 4.08. The van der Waals surface area contributed by atoms with Crippen molar-refractivity contribution in [3.8, 4) is 0 Å². The van der Waals surface area contributed by atoms with Crippen molar-refractivity contribution in [3.63, 3.8) is 0 Å². The molecule has 0 fully saturated rings. The first-order chi connectivity index (χ1) is 13.9. The number of hydrogen-bond donors (Lipinski definition) is 1. The monoisotopic (exact) mass is 478 g/mol. The Balaban J connectivity index is 1.90. The standard InChI is InChI=1S/C20H23BrN4O3S/c1-3-4-5-6-11-25-16-17(24(2)19(28)23-18(16)27)22-20(25)29-12-15(26)13-7-9-14(21)10-8-13/h7-10H,3-6,11-12H2,1-2H3,(H,23,27,28). The molecule has 3 aromatic rings. The smallest absolute Gasteiger partial charge is 0.313 e. The summed E-state index contributed by atoms with van der Waals surface area (Å²) in [5.74, 6) is 0.182. The highest BCUT2D eigenvalue weighted by molar-refractivity contribution is 9.10. The van der Waals surface area contributed by atoms with Gasteiger partial charge in [-0.2, -0.15) is 0 Å². The summed E-state index contributed by atoms with van der Waals surface area (Å²) in [7, 11) is 1.58. The largest absolute Gasteiger partial charge is 0.329 e. The molecule has 2 aromatic heterocycles. The number of thioether (sulfide) groups is 1. The summed E-state index contributed by atoms with van der Waals surface area (Å²) in [5, 5.41) is 0.577. The van der Waals surface area contributed by atoms with Crippen LogP contribution in [0.2, 0.25) is 0 Å². The summed E-state index contributed by atoms with van der Waals surface area (Å²) in [6.07, 6.45) is 4.17. The number of unbranched alkanes of at least 4 members (excludes halogenated alkanes) is 3. The molecule has 7 nitrogen and oxygen atoms in total. The first-order valence-corrected chi connectivity index (χ1v) is 11.3. The van der Waals surface area contributed by atoms with E-state index in [0.29, 0.717) is 28.4 Å². The van der Waals surface area contributed by atoms with Crippen molar-refractivity contribution in [2.45, 2.75) is 44.3 Å². The lowest BCUT2D eigenvalue weighted by molar-refractivity contribution is 0.102. The van der Waals surface area contributed by atoms with Crippen LogP contribution in [0.3, 0.4) is 0 Å². The zero-order valence-electron chi connectivity index (χ0n) is 16.4. The van der Waals surface area contributed by atoms with Gasteiger partial charge in [0.2, 0.25) is 0 Å². The first-order valence-electron chi connectivity index (χ1n) is 9.53. The van der Waals surface area contributed by atoms with Gasteiger partial charge in [-0.3, -0.25) is 19.1 Å². The Kier molecular flexibility index (Phi) is 7.13. The van der Waals surface area contributed by atoms with E-state index in [4.69, 9.17) is 0 Å². The van der Waals surface area contributed by atoms with E-state index >= 15 is 0 Å². The van der Waals surface area contributed by atoms with Crippen molar-refractivity contribution in [1.29, 1.82) is 0 Å². The third kappa shape index (κ3) is 4.90. The Morgan fingerprint density at radius 1 is 1.17 bits per heavy atom. The lowest BCUT2D eigenvalue weighted by Gasteiger charge is -2.08. The Hall–Kier alpha value is -2.13. The number of nitrogens with one attached hydrogen (secondary N) is 1. The molecule has 154 valence electrons. The number of Topliss-reactive ketones (excluding diaryl/α,β-unsaturated/α-hetero) is 1. The molecule has 0 radical (unpaired) electrons. The molecule has 0 amide bonds. The normalized spacial score (nSPS) is 11.3. The van der Waals surface area contributed by atoms with Crippen LogP contribution in [0.5, 0.6) is 0 Å². The van der Waals surface area contributed by atoms with E-state index in [0.717, 1.165) is 30.2 Å². The SMILES string of the molecule is CCCCCCn1c(SCC(=O)c2ccc(Br)cc2)nc2c1c(=O)[nH]c(=O)n2C. The zero-order chi connectivity index (χ0) is 21.0. The highest BCUT2D eigenvalue weighted by Gasteiger charge is 2.18. The second-order valence-corrected chi connectivity index (χ2v) is 8.67. The molecule has 1 aromatic carbocycles. The van der Waals surface area contributed by atoms with Crippen molar-refractivity contribution in [3.05, 3.63) is 55.1 Å². The van der Waals surface area contributed by atoms with Gasteiger partial charge in [-0.25, -0.2) is 9.78 Å². The number of halogens is 1. The van der Waals surface area contributed by atoms with Gasteiger partial charge in [0.15, 0.2) is 22.1 Å². The van der Waals surface area contributed by atoms with E-state index in [2.05, 4.69) is 32.8 Å². The minimum atomic E-state index is -0.499. The van der Waals surface area contributed by atoms with Gasteiger partial charge in [-0.1, -0.05) is 66.0 Å². The first kappa shape index (κ1) is 21.6. The maximum absolute atomic E-state index is 12.5. The molecule has 1 N–H and O–H groups in total. The van der Waals surface area contributed by atoms with Crippen LogP contribution in [0.15, 0.2) is 43.5 Å². The number of carbonyl (C=O) groups excluding carboxylic acids is 1. The molecule has 0 bridgehead atoms. The van der Waals surface area contributed by atoms with Crippen molar-refractivity contribution in [2.24, 2.45) is 7.05 Å². The second-order valence-electron chi connectivity index (χ2n) is 6.82. The number of nitrogens with zero attached hydrogens (tertiary/aromatic N) is 3. The number of carbonyl (C=O) groups is 1. The van der Waals surface area contributed by atoms with Gasteiger partial charge in [-0.15, -0.1) is 0 Å². The van der Waals surface area contributed by atoms with E-state index in [1.807, 2.05) is 16.7 Å². The Labute approximate surface area is 180 Å². The summed E-state index contributed by atoms with van der Waals surface area (Å²) in [4.78, 5) is 43.8. The molecule has 0 saturated heterocycles. The van der Waals surface area contributed by atoms with Gasteiger partial charge < -0.3 is 4.57 Å². The maximum atomic E-state index is 12.5. The number of aromatic nitrogens is 4. The van der Waals surface area contributed by atoms with Gasteiger partial charge in [0.25, 0.3) is 5.56 Å². The highest BCUT2D eigenvalue weighted by Crippen LogP contribution is 2.23. The zero-order valence-corrected chi connectivity index (χ0v) is 18.8. The molecule has 0 unspecified atom stereocenters. The van der Waals surface area contributed by atoms with Crippen molar-refractivity contribution >= 4 is 44.6 Å². The fourth-order valence-electron chi connectivity index (χ4n) is 3.08. The second kappa shape index (κ2) is 9.58. The summed E-state index contributed by atoms with van der Waals surface area (Å²) >= 11 is 4.65.